The van der Waals surface area contributed by atoms with Crippen LogP contribution in [0.1, 0.15) is 19.8 Å². The Morgan fingerprint density at radius 1 is 1.56 bits per heavy atom. The Balaban J connectivity index is 0.000000640. The van der Waals surface area contributed by atoms with Crippen molar-refractivity contribution in [2.45, 2.75) is 25.8 Å². The van der Waals surface area contributed by atoms with Gasteiger partial charge in [-0.25, -0.2) is 0 Å². The summed E-state index contributed by atoms with van der Waals surface area (Å²) < 4.78 is 0. The molecule has 1 atom stereocenters. The van der Waals surface area contributed by atoms with Crippen molar-refractivity contribution in [2.24, 2.45) is 0 Å². The van der Waals surface area contributed by atoms with Crippen molar-refractivity contribution >= 4 is 0 Å². The predicted molar refractivity (Wildman–Crippen MR) is 33.3 cm³/mol. The second kappa shape index (κ2) is 4.67. The van der Waals surface area contributed by atoms with E-state index in [0.717, 1.165) is 0 Å². The first kappa shape index (κ1) is 8.81. The lowest BCUT2D eigenvalue weighted by atomic mass is 10.2. The molecule has 0 aromatic carbocycles. The Bertz CT molecular complexity index is 117. The van der Waals surface area contributed by atoms with Crippen LogP contribution in [0.25, 0.3) is 0 Å². The monoisotopic (exact) mass is 145 g/mol. The molecule has 0 aromatic rings. The summed E-state index contributed by atoms with van der Waals surface area (Å²) in [6.45, 7) is 3.19. The molecule has 1 aliphatic heterocycles. The quantitative estimate of drug-likeness (QED) is 0.345. The SMILES string of the molecule is CC#CC1CCC[NH2+]1.[Cl-]. The molecule has 52 valence electrons. The molecule has 1 aliphatic rings. The van der Waals surface area contributed by atoms with E-state index in [1.165, 1.54) is 19.4 Å². The van der Waals surface area contributed by atoms with E-state index < -0.39 is 0 Å². The van der Waals surface area contributed by atoms with Crippen molar-refractivity contribution in [1.82, 2.24) is 0 Å². The maximum absolute atomic E-state index is 3.14. The molecule has 0 saturated carbocycles. The molecule has 1 saturated heterocycles. The Hall–Kier alpha value is -0.190. The summed E-state index contributed by atoms with van der Waals surface area (Å²) in [5.74, 6) is 6.07. The molecule has 0 bridgehead atoms. The third kappa shape index (κ3) is 2.74. The molecule has 0 aliphatic carbocycles. The van der Waals surface area contributed by atoms with Gasteiger partial charge in [0.25, 0.3) is 0 Å². The van der Waals surface area contributed by atoms with Gasteiger partial charge >= 0.3 is 0 Å². The van der Waals surface area contributed by atoms with Crippen LogP contribution < -0.4 is 17.7 Å². The van der Waals surface area contributed by atoms with E-state index in [0.29, 0.717) is 6.04 Å². The van der Waals surface area contributed by atoms with Gasteiger partial charge in [0.1, 0.15) is 6.04 Å². The Kier molecular flexibility index (Phi) is 4.57. The number of nitrogens with two attached hydrogens (primary N) is 1. The maximum atomic E-state index is 3.14. The Morgan fingerprint density at radius 2 is 2.33 bits per heavy atom. The molecular weight excluding hydrogens is 134 g/mol. The summed E-state index contributed by atoms with van der Waals surface area (Å²) >= 11 is 0. The van der Waals surface area contributed by atoms with Crippen molar-refractivity contribution < 1.29 is 17.7 Å². The average molecular weight is 146 g/mol. The van der Waals surface area contributed by atoms with E-state index in [1.807, 2.05) is 6.92 Å². The van der Waals surface area contributed by atoms with Crippen LogP contribution in [0, 0.1) is 11.8 Å². The fourth-order valence-corrected chi connectivity index (χ4v) is 1.09. The van der Waals surface area contributed by atoms with Crippen molar-refractivity contribution in [3.05, 3.63) is 0 Å². The van der Waals surface area contributed by atoms with E-state index in [4.69, 9.17) is 0 Å². The molecule has 0 amide bonds. The van der Waals surface area contributed by atoms with Crippen molar-refractivity contribution in [3.63, 3.8) is 0 Å². The number of halogens is 1. The van der Waals surface area contributed by atoms with Gasteiger partial charge in [0.05, 0.1) is 6.54 Å². The van der Waals surface area contributed by atoms with Gasteiger partial charge in [0.2, 0.25) is 0 Å². The van der Waals surface area contributed by atoms with E-state index in [-0.39, 0.29) is 12.4 Å². The molecule has 9 heavy (non-hydrogen) atoms. The van der Waals surface area contributed by atoms with Crippen LogP contribution in [0.2, 0.25) is 0 Å². The Labute approximate surface area is 62.6 Å². The average Bonchev–Trinajstić information content (AvgIpc) is 2.19. The van der Waals surface area contributed by atoms with Crippen molar-refractivity contribution in [3.8, 4) is 11.8 Å². The van der Waals surface area contributed by atoms with Gasteiger partial charge in [0, 0.05) is 12.8 Å². The minimum atomic E-state index is 0. The second-order valence-corrected chi connectivity index (χ2v) is 2.17. The molecule has 1 rings (SSSR count). The van der Waals surface area contributed by atoms with E-state index >= 15 is 0 Å². The molecule has 0 radical (unpaired) electrons. The van der Waals surface area contributed by atoms with Gasteiger partial charge < -0.3 is 17.7 Å². The number of hydrogen-bond acceptors (Lipinski definition) is 0. The topological polar surface area (TPSA) is 16.6 Å². The maximum Gasteiger partial charge on any atom is 0.148 e. The molecule has 1 nitrogen and oxygen atoms in total. The first-order valence-electron chi connectivity index (χ1n) is 3.19. The highest BCUT2D eigenvalue weighted by Crippen LogP contribution is 1.94. The van der Waals surface area contributed by atoms with Gasteiger partial charge in [-0.3, -0.25) is 0 Å². The van der Waals surface area contributed by atoms with E-state index in [9.17, 15) is 0 Å². The molecule has 1 heterocycles. The highest BCUT2D eigenvalue weighted by atomic mass is 35.5. The van der Waals surface area contributed by atoms with E-state index in [2.05, 4.69) is 17.2 Å². The zero-order valence-electron chi connectivity index (χ0n) is 5.65. The lowest BCUT2D eigenvalue weighted by molar-refractivity contribution is -0.657. The molecular formula is C7H12ClN. The van der Waals surface area contributed by atoms with Crippen LogP contribution in [0.15, 0.2) is 0 Å². The predicted octanol–water partition coefficient (Wildman–Crippen LogP) is -3.26. The second-order valence-electron chi connectivity index (χ2n) is 2.17. The third-order valence-corrected chi connectivity index (χ3v) is 1.50. The molecule has 0 aromatic heterocycles. The summed E-state index contributed by atoms with van der Waals surface area (Å²) in [5.41, 5.74) is 0. The molecule has 2 heteroatoms. The molecule has 2 N–H and O–H groups in total. The third-order valence-electron chi connectivity index (χ3n) is 1.50. The van der Waals surface area contributed by atoms with Gasteiger partial charge in [-0.2, -0.15) is 0 Å². The van der Waals surface area contributed by atoms with Crippen LogP contribution in [0.5, 0.6) is 0 Å². The standard InChI is InChI=1S/C7H11N.ClH/c1-2-4-7-5-3-6-8-7;/h7-8H,3,5-6H2,1H3;1H. The van der Waals surface area contributed by atoms with Gasteiger partial charge in [-0.1, -0.05) is 0 Å². The highest BCUT2D eigenvalue weighted by molar-refractivity contribution is 5.01. The fourth-order valence-electron chi connectivity index (χ4n) is 1.09. The van der Waals surface area contributed by atoms with Crippen LogP contribution in [-0.2, 0) is 0 Å². The molecule has 1 unspecified atom stereocenters. The minimum Gasteiger partial charge on any atom is -1.00 e. The number of rotatable bonds is 0. The highest BCUT2D eigenvalue weighted by Gasteiger charge is 2.13. The molecule has 1 fully saturated rings. The van der Waals surface area contributed by atoms with Crippen molar-refractivity contribution in [2.75, 3.05) is 6.54 Å². The number of quaternary nitrogens is 1. The zero-order chi connectivity index (χ0) is 5.82. The van der Waals surface area contributed by atoms with Crippen LogP contribution in [0.3, 0.4) is 0 Å². The van der Waals surface area contributed by atoms with Crippen LogP contribution >= 0.6 is 0 Å². The Morgan fingerprint density at radius 3 is 2.78 bits per heavy atom. The van der Waals surface area contributed by atoms with Crippen molar-refractivity contribution in [1.29, 1.82) is 0 Å². The van der Waals surface area contributed by atoms with E-state index in [1.54, 1.807) is 0 Å². The van der Waals surface area contributed by atoms with Crippen LogP contribution in [0.4, 0.5) is 0 Å². The summed E-state index contributed by atoms with van der Waals surface area (Å²) in [5, 5.41) is 2.32. The first-order valence-corrected chi connectivity index (χ1v) is 3.19. The summed E-state index contributed by atoms with van der Waals surface area (Å²) in [6, 6.07) is 0.625. The summed E-state index contributed by atoms with van der Waals surface area (Å²) in [7, 11) is 0. The lowest BCUT2D eigenvalue weighted by Crippen LogP contribution is -3.00. The van der Waals surface area contributed by atoms with Gasteiger partial charge in [-0.05, 0) is 12.8 Å². The minimum absolute atomic E-state index is 0. The largest absolute Gasteiger partial charge is 1.00 e. The first-order chi connectivity index (χ1) is 3.93. The smallest absolute Gasteiger partial charge is 0.148 e. The zero-order valence-corrected chi connectivity index (χ0v) is 6.41. The van der Waals surface area contributed by atoms with Gasteiger partial charge in [0.15, 0.2) is 0 Å². The number of hydrogen-bond donors (Lipinski definition) is 1. The van der Waals surface area contributed by atoms with Crippen LogP contribution in [-0.4, -0.2) is 12.6 Å². The van der Waals surface area contributed by atoms with Gasteiger partial charge in [-0.15, -0.1) is 5.92 Å². The normalized spacial score (nSPS) is 23.9. The molecule has 0 spiro atoms. The lowest BCUT2D eigenvalue weighted by Gasteiger charge is -1.92. The summed E-state index contributed by atoms with van der Waals surface area (Å²) in [4.78, 5) is 0. The summed E-state index contributed by atoms with van der Waals surface area (Å²) in [6.07, 6.45) is 2.64. The fraction of sp³-hybridized carbons (Fsp3) is 0.714.